The first-order chi connectivity index (χ1) is 7.90. The Bertz CT molecular complexity index is 282. The van der Waals surface area contributed by atoms with Crippen molar-refractivity contribution >= 4 is 11.3 Å². The van der Waals surface area contributed by atoms with Crippen LogP contribution >= 0.6 is 11.3 Å². The minimum Gasteiger partial charge on any atom is -0.396 e. The number of thiophene rings is 1. The Balaban J connectivity index is 1.76. The molecule has 0 aromatic carbocycles. The summed E-state index contributed by atoms with van der Waals surface area (Å²) in [5.74, 6) is 0. The largest absolute Gasteiger partial charge is 0.396 e. The van der Waals surface area contributed by atoms with Crippen molar-refractivity contribution in [3.05, 3.63) is 22.4 Å². The number of hydrogen-bond acceptors (Lipinski definition) is 3. The molecular weight excluding hydrogens is 218 g/mol. The van der Waals surface area contributed by atoms with Crippen LogP contribution in [0.2, 0.25) is 0 Å². The van der Waals surface area contributed by atoms with E-state index in [1.807, 2.05) is 11.3 Å². The molecular formula is C13H21NOS. The van der Waals surface area contributed by atoms with Crippen molar-refractivity contribution in [2.24, 2.45) is 0 Å². The van der Waals surface area contributed by atoms with Crippen LogP contribution in [-0.2, 0) is 6.42 Å². The van der Waals surface area contributed by atoms with E-state index in [1.54, 1.807) is 0 Å². The summed E-state index contributed by atoms with van der Waals surface area (Å²) in [5, 5.41) is 11.1. The van der Waals surface area contributed by atoms with Gasteiger partial charge in [-0.3, -0.25) is 4.90 Å². The van der Waals surface area contributed by atoms with Crippen LogP contribution in [0, 0.1) is 0 Å². The smallest absolute Gasteiger partial charge is 0.0443 e. The first-order valence-electron chi connectivity index (χ1n) is 6.27. The zero-order valence-corrected chi connectivity index (χ0v) is 10.6. The minimum absolute atomic E-state index is 0.322. The fourth-order valence-corrected chi connectivity index (χ4v) is 2.91. The van der Waals surface area contributed by atoms with E-state index in [0.29, 0.717) is 6.61 Å². The Morgan fingerprint density at radius 3 is 2.81 bits per heavy atom. The van der Waals surface area contributed by atoms with Gasteiger partial charge in [0, 0.05) is 30.6 Å². The molecule has 90 valence electrons. The van der Waals surface area contributed by atoms with Crippen molar-refractivity contribution < 1.29 is 5.11 Å². The van der Waals surface area contributed by atoms with E-state index >= 15 is 0 Å². The Morgan fingerprint density at radius 1 is 1.38 bits per heavy atom. The summed E-state index contributed by atoms with van der Waals surface area (Å²) in [5.41, 5.74) is 0. The van der Waals surface area contributed by atoms with Crippen LogP contribution < -0.4 is 0 Å². The second kappa shape index (κ2) is 6.38. The zero-order valence-electron chi connectivity index (χ0n) is 9.77. The lowest BCUT2D eigenvalue weighted by atomic mass is 9.91. The summed E-state index contributed by atoms with van der Waals surface area (Å²) in [4.78, 5) is 4.05. The predicted octanol–water partition coefficient (Wildman–Crippen LogP) is 2.53. The normalized spacial score (nSPS) is 16.6. The average Bonchev–Trinajstić information content (AvgIpc) is 2.72. The van der Waals surface area contributed by atoms with Crippen molar-refractivity contribution in [3.8, 4) is 0 Å². The third-order valence-electron chi connectivity index (χ3n) is 3.42. The Labute approximate surface area is 102 Å². The maximum absolute atomic E-state index is 8.92. The molecule has 1 heterocycles. The van der Waals surface area contributed by atoms with Crippen molar-refractivity contribution in [1.29, 1.82) is 0 Å². The molecule has 1 N–H and O–H groups in total. The van der Waals surface area contributed by atoms with Crippen LogP contribution in [0.15, 0.2) is 17.5 Å². The molecule has 0 atom stereocenters. The van der Waals surface area contributed by atoms with Crippen molar-refractivity contribution in [3.63, 3.8) is 0 Å². The number of aliphatic hydroxyl groups excluding tert-OH is 1. The molecule has 2 rings (SSSR count). The fraction of sp³-hybridized carbons (Fsp3) is 0.692. The molecule has 1 fully saturated rings. The molecule has 1 aromatic heterocycles. The molecule has 16 heavy (non-hydrogen) atoms. The van der Waals surface area contributed by atoms with Gasteiger partial charge in [0.1, 0.15) is 0 Å². The van der Waals surface area contributed by atoms with Gasteiger partial charge in [0.05, 0.1) is 0 Å². The number of hydrogen-bond donors (Lipinski definition) is 1. The molecule has 1 aliphatic rings. The number of nitrogens with zero attached hydrogens (tertiary/aromatic N) is 1. The predicted molar refractivity (Wildman–Crippen MR) is 68.9 cm³/mol. The van der Waals surface area contributed by atoms with E-state index in [2.05, 4.69) is 22.4 Å². The molecule has 0 unspecified atom stereocenters. The van der Waals surface area contributed by atoms with Gasteiger partial charge < -0.3 is 5.11 Å². The first kappa shape index (κ1) is 12.1. The third-order valence-corrected chi connectivity index (χ3v) is 4.36. The quantitative estimate of drug-likeness (QED) is 0.790. The molecule has 0 amide bonds. The van der Waals surface area contributed by atoms with Crippen molar-refractivity contribution in [2.45, 2.75) is 38.1 Å². The summed E-state index contributed by atoms with van der Waals surface area (Å²) in [6.07, 6.45) is 6.19. The molecule has 0 aliphatic heterocycles. The van der Waals surface area contributed by atoms with Crippen molar-refractivity contribution in [2.75, 3.05) is 19.7 Å². The third kappa shape index (κ3) is 3.30. The summed E-state index contributed by atoms with van der Waals surface area (Å²) >= 11 is 1.85. The van der Waals surface area contributed by atoms with E-state index in [4.69, 9.17) is 5.11 Å². The lowest BCUT2D eigenvalue weighted by Crippen LogP contribution is -2.42. The molecule has 0 spiro atoms. The van der Waals surface area contributed by atoms with Gasteiger partial charge in [-0.25, -0.2) is 0 Å². The van der Waals surface area contributed by atoms with Gasteiger partial charge in [-0.1, -0.05) is 12.5 Å². The maximum atomic E-state index is 8.92. The number of rotatable bonds is 7. The lowest BCUT2D eigenvalue weighted by Gasteiger charge is -2.37. The fourth-order valence-electron chi connectivity index (χ4n) is 2.21. The van der Waals surface area contributed by atoms with Gasteiger partial charge in [0.15, 0.2) is 0 Å². The minimum atomic E-state index is 0.322. The van der Waals surface area contributed by atoms with Gasteiger partial charge >= 0.3 is 0 Å². The molecule has 1 aliphatic carbocycles. The van der Waals surface area contributed by atoms with Crippen LogP contribution in [0.25, 0.3) is 0 Å². The van der Waals surface area contributed by atoms with E-state index < -0.39 is 0 Å². The molecule has 0 bridgehead atoms. The van der Waals surface area contributed by atoms with Crippen molar-refractivity contribution in [1.82, 2.24) is 4.90 Å². The number of aliphatic hydroxyl groups is 1. The highest BCUT2D eigenvalue weighted by atomic mass is 32.1. The zero-order chi connectivity index (χ0) is 11.2. The monoisotopic (exact) mass is 239 g/mol. The summed E-state index contributed by atoms with van der Waals surface area (Å²) in [6, 6.07) is 5.14. The topological polar surface area (TPSA) is 23.5 Å². The summed E-state index contributed by atoms with van der Waals surface area (Å²) in [6.45, 7) is 2.54. The Hall–Kier alpha value is -0.380. The van der Waals surface area contributed by atoms with Gasteiger partial charge in [-0.15, -0.1) is 11.3 Å². The SMILES string of the molecule is OCCCN(CCc1cccs1)C1CCC1. The van der Waals surface area contributed by atoms with Gasteiger partial charge in [-0.05, 0) is 37.1 Å². The van der Waals surface area contributed by atoms with Gasteiger partial charge in [-0.2, -0.15) is 0 Å². The second-order valence-corrected chi connectivity index (χ2v) is 5.56. The molecule has 0 saturated heterocycles. The molecule has 2 nitrogen and oxygen atoms in total. The molecule has 0 radical (unpaired) electrons. The highest BCUT2D eigenvalue weighted by Crippen LogP contribution is 2.25. The Morgan fingerprint density at radius 2 is 2.25 bits per heavy atom. The van der Waals surface area contributed by atoms with Crippen LogP contribution in [0.5, 0.6) is 0 Å². The highest BCUT2D eigenvalue weighted by molar-refractivity contribution is 7.09. The lowest BCUT2D eigenvalue weighted by molar-refractivity contribution is 0.118. The van der Waals surface area contributed by atoms with Crippen LogP contribution in [0.1, 0.15) is 30.6 Å². The van der Waals surface area contributed by atoms with E-state index in [0.717, 1.165) is 25.6 Å². The van der Waals surface area contributed by atoms with Gasteiger partial charge in [0.2, 0.25) is 0 Å². The van der Waals surface area contributed by atoms with Gasteiger partial charge in [0.25, 0.3) is 0 Å². The van der Waals surface area contributed by atoms with E-state index in [1.165, 1.54) is 30.6 Å². The average molecular weight is 239 g/mol. The molecule has 1 aromatic rings. The van der Waals surface area contributed by atoms with E-state index in [9.17, 15) is 0 Å². The van der Waals surface area contributed by atoms with E-state index in [-0.39, 0.29) is 0 Å². The highest BCUT2D eigenvalue weighted by Gasteiger charge is 2.23. The maximum Gasteiger partial charge on any atom is 0.0443 e. The summed E-state index contributed by atoms with van der Waals surface area (Å²) < 4.78 is 0. The second-order valence-electron chi connectivity index (χ2n) is 4.53. The van der Waals surface area contributed by atoms with Crippen LogP contribution in [0.3, 0.4) is 0 Å². The standard InChI is InChI=1S/C13H21NOS/c15-10-3-8-14(12-4-1-5-12)9-7-13-6-2-11-16-13/h2,6,11-12,15H,1,3-5,7-10H2. The first-order valence-corrected chi connectivity index (χ1v) is 7.15. The Kier molecular flexibility index (Phi) is 4.82. The van der Waals surface area contributed by atoms with Crippen LogP contribution in [0.4, 0.5) is 0 Å². The molecule has 3 heteroatoms. The van der Waals surface area contributed by atoms with Crippen LogP contribution in [-0.4, -0.2) is 35.7 Å². The molecule has 1 saturated carbocycles. The summed E-state index contributed by atoms with van der Waals surface area (Å²) in [7, 11) is 0.